The molecule has 74 valence electrons. The second-order valence-corrected chi connectivity index (χ2v) is 1.50. The summed E-state index contributed by atoms with van der Waals surface area (Å²) in [6.07, 6.45) is 4.66. The first-order valence-corrected chi connectivity index (χ1v) is 4.73. The lowest BCUT2D eigenvalue weighted by Gasteiger charge is -1.88. The lowest BCUT2D eigenvalue weighted by atomic mass is 10.2. The van der Waals surface area contributed by atoms with Gasteiger partial charge in [0.25, 0.3) is 0 Å². The summed E-state index contributed by atoms with van der Waals surface area (Å²) in [5, 5.41) is 3.38. The van der Waals surface area contributed by atoms with Crippen LogP contribution in [0.4, 0.5) is 0 Å². The van der Waals surface area contributed by atoms with E-state index >= 15 is 0 Å². The number of rotatable bonds is 2. The van der Waals surface area contributed by atoms with E-state index < -0.39 is 0 Å². The molecule has 0 heterocycles. The van der Waals surface area contributed by atoms with Gasteiger partial charge in [-0.1, -0.05) is 40.7 Å². The molecule has 0 fully saturated rings. The van der Waals surface area contributed by atoms with Crippen molar-refractivity contribution in [3.8, 4) is 0 Å². The molecule has 2 nitrogen and oxygen atoms in total. The van der Waals surface area contributed by atoms with Gasteiger partial charge in [0.05, 0.1) is 0 Å². The molecule has 2 N–H and O–H groups in total. The van der Waals surface area contributed by atoms with E-state index in [-0.39, 0.29) is 0 Å². The summed E-state index contributed by atoms with van der Waals surface area (Å²) in [5.74, 6) is 4.91. The summed E-state index contributed by atoms with van der Waals surface area (Å²) in [4.78, 5) is 0. The Balaban J connectivity index is -0.000000175. The first kappa shape index (κ1) is 17.3. The van der Waals surface area contributed by atoms with Crippen molar-refractivity contribution in [2.75, 3.05) is 0 Å². The zero-order valence-corrected chi connectivity index (χ0v) is 9.39. The molecule has 0 aliphatic carbocycles. The maximum Gasteiger partial charge on any atom is 0.0494 e. The minimum Gasteiger partial charge on any atom is -0.323 e. The number of hydrazone groups is 1. The van der Waals surface area contributed by atoms with Crippen LogP contribution in [0.1, 0.15) is 48.0 Å². The second-order valence-electron chi connectivity index (χ2n) is 1.50. The highest BCUT2D eigenvalue weighted by Gasteiger charge is 1.81. The van der Waals surface area contributed by atoms with Gasteiger partial charge < -0.3 is 5.84 Å². The normalized spacial score (nSPS) is 9.67. The van der Waals surface area contributed by atoms with Gasteiger partial charge in [-0.05, 0) is 18.9 Å². The number of allylic oxidation sites excluding steroid dienone is 2. The standard InChI is InChI=1S/C6H12N2.2C2H6/c1-3-6(4-2)5-8-7;2*1-2/h3,5H,4,7H2,1-2H3;2*1-2H3/b6-3+,8-5-;;. The lowest BCUT2D eigenvalue weighted by molar-refractivity contribution is 1.16. The van der Waals surface area contributed by atoms with Gasteiger partial charge in [-0.2, -0.15) is 5.10 Å². The maximum atomic E-state index is 4.91. The molecule has 0 saturated heterocycles. The number of nitrogens with zero attached hydrogens (tertiary/aromatic N) is 1. The minimum atomic E-state index is 0.997. The summed E-state index contributed by atoms with van der Waals surface area (Å²) in [7, 11) is 0. The Bertz CT molecular complexity index is 102. The molecule has 0 bridgehead atoms. The Morgan fingerprint density at radius 3 is 1.75 bits per heavy atom. The Hall–Kier alpha value is -0.790. The van der Waals surface area contributed by atoms with E-state index in [1.165, 1.54) is 5.57 Å². The molecule has 0 aromatic carbocycles. The van der Waals surface area contributed by atoms with Gasteiger partial charge in [-0.3, -0.25) is 0 Å². The molecule has 0 aromatic rings. The quantitative estimate of drug-likeness (QED) is 0.387. The molecule has 0 radical (unpaired) electrons. The highest BCUT2D eigenvalue weighted by Crippen LogP contribution is 1.93. The fourth-order valence-electron chi connectivity index (χ4n) is 0.466. The largest absolute Gasteiger partial charge is 0.323 e. The van der Waals surface area contributed by atoms with Crippen LogP contribution in [-0.4, -0.2) is 6.21 Å². The van der Waals surface area contributed by atoms with Crippen LogP contribution in [0, 0.1) is 0 Å². The average Bonchev–Trinajstić information content (AvgIpc) is 2.20. The molecule has 0 aliphatic rings. The minimum absolute atomic E-state index is 0.997. The summed E-state index contributed by atoms with van der Waals surface area (Å²) in [6, 6.07) is 0. The third-order valence-corrected chi connectivity index (χ3v) is 1.02. The fraction of sp³-hybridized carbons (Fsp3) is 0.700. The summed E-state index contributed by atoms with van der Waals surface area (Å²) in [6.45, 7) is 12.0. The summed E-state index contributed by atoms with van der Waals surface area (Å²) in [5.41, 5.74) is 1.17. The molecule has 0 atom stereocenters. The van der Waals surface area contributed by atoms with E-state index in [1.54, 1.807) is 6.21 Å². The van der Waals surface area contributed by atoms with E-state index in [9.17, 15) is 0 Å². The van der Waals surface area contributed by atoms with E-state index in [0.29, 0.717) is 0 Å². The van der Waals surface area contributed by atoms with Crippen LogP contribution in [0.25, 0.3) is 0 Å². The SMILES string of the molecule is C/C=C(/C=N\N)CC.CC.CC. The van der Waals surface area contributed by atoms with Gasteiger partial charge in [0.1, 0.15) is 0 Å². The van der Waals surface area contributed by atoms with Crippen LogP contribution in [0.2, 0.25) is 0 Å². The molecule has 0 aromatic heterocycles. The van der Waals surface area contributed by atoms with E-state index in [2.05, 4.69) is 12.0 Å². The van der Waals surface area contributed by atoms with Crippen LogP contribution in [0.15, 0.2) is 16.8 Å². The molecule has 0 rings (SSSR count). The molecule has 0 amide bonds. The molecule has 0 saturated carbocycles. The van der Waals surface area contributed by atoms with Crippen molar-refractivity contribution in [1.29, 1.82) is 0 Å². The molecule has 0 spiro atoms. The number of hydrogen-bond acceptors (Lipinski definition) is 2. The van der Waals surface area contributed by atoms with Gasteiger partial charge in [0, 0.05) is 6.21 Å². The molecular formula is C10H24N2. The van der Waals surface area contributed by atoms with Gasteiger partial charge in [-0.15, -0.1) is 0 Å². The zero-order chi connectivity index (χ0) is 10.4. The highest BCUT2D eigenvalue weighted by molar-refractivity contribution is 5.77. The zero-order valence-electron chi connectivity index (χ0n) is 9.39. The van der Waals surface area contributed by atoms with Gasteiger partial charge >= 0.3 is 0 Å². The van der Waals surface area contributed by atoms with Crippen molar-refractivity contribution >= 4 is 6.21 Å². The first-order valence-electron chi connectivity index (χ1n) is 4.73. The Labute approximate surface area is 77.6 Å². The third kappa shape index (κ3) is 16.1. The van der Waals surface area contributed by atoms with E-state index in [0.717, 1.165) is 6.42 Å². The van der Waals surface area contributed by atoms with Gasteiger partial charge in [0.2, 0.25) is 0 Å². The summed E-state index contributed by atoms with van der Waals surface area (Å²) < 4.78 is 0. The number of hydrogen-bond donors (Lipinski definition) is 1. The predicted molar refractivity (Wildman–Crippen MR) is 59.4 cm³/mol. The summed E-state index contributed by atoms with van der Waals surface area (Å²) >= 11 is 0. The fourth-order valence-corrected chi connectivity index (χ4v) is 0.466. The van der Waals surface area contributed by atoms with Crippen LogP contribution in [0.5, 0.6) is 0 Å². The number of nitrogens with two attached hydrogens (primary N) is 1. The molecule has 0 unspecified atom stereocenters. The molecule has 2 heteroatoms. The second kappa shape index (κ2) is 22.5. The topological polar surface area (TPSA) is 38.4 Å². The van der Waals surface area contributed by atoms with E-state index in [1.807, 2.05) is 40.7 Å². The average molecular weight is 172 g/mol. The Kier molecular flexibility index (Phi) is 32.4. The molecular weight excluding hydrogens is 148 g/mol. The van der Waals surface area contributed by atoms with Crippen molar-refractivity contribution in [2.24, 2.45) is 10.9 Å². The Morgan fingerprint density at radius 1 is 1.25 bits per heavy atom. The smallest absolute Gasteiger partial charge is 0.0494 e. The highest BCUT2D eigenvalue weighted by atomic mass is 15.1. The van der Waals surface area contributed by atoms with Crippen LogP contribution >= 0.6 is 0 Å². The third-order valence-electron chi connectivity index (χ3n) is 1.02. The van der Waals surface area contributed by atoms with Crippen LogP contribution < -0.4 is 5.84 Å². The van der Waals surface area contributed by atoms with E-state index in [4.69, 9.17) is 5.84 Å². The lowest BCUT2D eigenvalue weighted by Crippen LogP contribution is -1.86. The van der Waals surface area contributed by atoms with Gasteiger partial charge in [0.15, 0.2) is 0 Å². The monoisotopic (exact) mass is 172 g/mol. The van der Waals surface area contributed by atoms with Crippen LogP contribution in [-0.2, 0) is 0 Å². The molecule has 0 aliphatic heterocycles. The van der Waals surface area contributed by atoms with Crippen molar-refractivity contribution in [1.82, 2.24) is 0 Å². The van der Waals surface area contributed by atoms with Crippen molar-refractivity contribution in [3.63, 3.8) is 0 Å². The van der Waals surface area contributed by atoms with Crippen molar-refractivity contribution in [3.05, 3.63) is 11.6 Å². The predicted octanol–water partition coefficient (Wildman–Crippen LogP) is 3.34. The Morgan fingerprint density at radius 2 is 1.67 bits per heavy atom. The van der Waals surface area contributed by atoms with Crippen LogP contribution in [0.3, 0.4) is 0 Å². The van der Waals surface area contributed by atoms with Gasteiger partial charge in [-0.25, -0.2) is 0 Å². The van der Waals surface area contributed by atoms with Crippen molar-refractivity contribution < 1.29 is 0 Å². The maximum absolute atomic E-state index is 4.91. The molecule has 12 heavy (non-hydrogen) atoms. The van der Waals surface area contributed by atoms with Crippen molar-refractivity contribution in [2.45, 2.75) is 48.0 Å². The first-order chi connectivity index (χ1) is 5.85.